The highest BCUT2D eigenvalue weighted by atomic mass is 16.5. The second-order valence-corrected chi connectivity index (χ2v) is 5.71. The summed E-state index contributed by atoms with van der Waals surface area (Å²) in [7, 11) is 0. The molecule has 1 aliphatic rings. The van der Waals surface area contributed by atoms with Crippen molar-refractivity contribution >= 4 is 5.78 Å². The van der Waals surface area contributed by atoms with Crippen molar-refractivity contribution in [2.75, 3.05) is 19.7 Å². The number of benzene rings is 1. The van der Waals surface area contributed by atoms with Gasteiger partial charge in [-0.3, -0.25) is 9.69 Å². The van der Waals surface area contributed by atoms with Crippen molar-refractivity contribution in [2.45, 2.75) is 32.4 Å². The van der Waals surface area contributed by atoms with Gasteiger partial charge in [0.15, 0.2) is 5.78 Å². The predicted octanol–water partition coefficient (Wildman–Crippen LogP) is 2.37. The average Bonchev–Trinajstić information content (AvgIpc) is 2.38. The van der Waals surface area contributed by atoms with Crippen LogP contribution in [0.15, 0.2) is 30.3 Å². The lowest BCUT2D eigenvalue weighted by molar-refractivity contribution is -0.0441. The number of ketones is 1. The molecule has 0 aromatic heterocycles. The Morgan fingerprint density at radius 3 is 2.56 bits per heavy atom. The number of rotatable bonds is 2. The Morgan fingerprint density at radius 2 is 1.94 bits per heavy atom. The number of morpholine rings is 1. The molecule has 98 valence electrons. The molecule has 0 saturated carbocycles. The summed E-state index contributed by atoms with van der Waals surface area (Å²) in [5, 5.41) is 0. The minimum Gasteiger partial charge on any atom is -0.367 e. The summed E-state index contributed by atoms with van der Waals surface area (Å²) < 4.78 is 5.63. The molecule has 0 N–H and O–H groups in total. The molecule has 0 bridgehead atoms. The smallest absolute Gasteiger partial charge is 0.192 e. The van der Waals surface area contributed by atoms with Gasteiger partial charge in [0, 0.05) is 24.2 Å². The minimum atomic E-state index is -0.333. The first-order chi connectivity index (χ1) is 8.48. The third-order valence-electron chi connectivity index (χ3n) is 3.37. The van der Waals surface area contributed by atoms with Crippen LogP contribution in [0.4, 0.5) is 0 Å². The molecule has 3 heteroatoms. The number of carbonyl (C=O) groups is 1. The number of Topliss-reactive ketones (excluding diaryl/α,β-unsaturated/α-hetero) is 1. The van der Waals surface area contributed by atoms with E-state index in [1.807, 2.05) is 30.3 Å². The summed E-state index contributed by atoms with van der Waals surface area (Å²) in [6.45, 7) is 8.70. The van der Waals surface area contributed by atoms with Gasteiger partial charge in [-0.05, 0) is 20.8 Å². The van der Waals surface area contributed by atoms with E-state index in [1.54, 1.807) is 0 Å². The lowest BCUT2D eigenvalue weighted by Crippen LogP contribution is -2.53. The van der Waals surface area contributed by atoms with Crippen LogP contribution in [-0.2, 0) is 4.74 Å². The maximum atomic E-state index is 12.3. The van der Waals surface area contributed by atoms with Crippen LogP contribution in [0.3, 0.4) is 0 Å². The van der Waals surface area contributed by atoms with Crippen LogP contribution in [0, 0.1) is 0 Å². The molecule has 1 fully saturated rings. The highest BCUT2D eigenvalue weighted by Crippen LogP contribution is 2.19. The van der Waals surface area contributed by atoms with Gasteiger partial charge < -0.3 is 4.74 Å². The molecule has 1 aromatic rings. The van der Waals surface area contributed by atoms with E-state index in [0.717, 1.165) is 12.1 Å². The molecule has 18 heavy (non-hydrogen) atoms. The first kappa shape index (κ1) is 13.2. The minimum absolute atomic E-state index is 0.0823. The second-order valence-electron chi connectivity index (χ2n) is 5.71. The lowest BCUT2D eigenvalue weighted by Gasteiger charge is -2.41. The number of hydrogen-bond donors (Lipinski definition) is 0. The van der Waals surface area contributed by atoms with Gasteiger partial charge in [0.1, 0.15) is 6.10 Å². The Kier molecular flexibility index (Phi) is 3.83. The molecule has 1 aromatic carbocycles. The largest absolute Gasteiger partial charge is 0.367 e. The quantitative estimate of drug-likeness (QED) is 0.751. The summed E-state index contributed by atoms with van der Waals surface area (Å²) in [5.41, 5.74) is 0.817. The highest BCUT2D eigenvalue weighted by molar-refractivity contribution is 5.99. The van der Waals surface area contributed by atoms with Gasteiger partial charge in [-0.2, -0.15) is 0 Å². The second kappa shape index (κ2) is 5.21. The standard InChI is InChI=1S/C15H21NO2/c1-15(2,3)16-9-10-18-13(11-16)14(17)12-7-5-4-6-8-12/h4-8,13H,9-11H2,1-3H3/t13-/m1/s1. The maximum absolute atomic E-state index is 12.3. The normalized spacial score (nSPS) is 21.8. The molecule has 1 saturated heterocycles. The fourth-order valence-electron chi connectivity index (χ4n) is 2.21. The van der Waals surface area contributed by atoms with Gasteiger partial charge in [-0.15, -0.1) is 0 Å². The van der Waals surface area contributed by atoms with E-state index in [-0.39, 0.29) is 17.4 Å². The number of ether oxygens (including phenoxy) is 1. The van der Waals surface area contributed by atoms with Gasteiger partial charge in [0.25, 0.3) is 0 Å². The van der Waals surface area contributed by atoms with Crippen molar-refractivity contribution in [3.8, 4) is 0 Å². The number of hydrogen-bond acceptors (Lipinski definition) is 3. The monoisotopic (exact) mass is 247 g/mol. The van der Waals surface area contributed by atoms with Crippen LogP contribution >= 0.6 is 0 Å². The Bertz CT molecular complexity index is 408. The van der Waals surface area contributed by atoms with E-state index < -0.39 is 0 Å². The Morgan fingerprint density at radius 1 is 1.28 bits per heavy atom. The molecule has 1 heterocycles. The van der Waals surface area contributed by atoms with Gasteiger partial charge in [-0.25, -0.2) is 0 Å². The number of carbonyl (C=O) groups excluding carboxylic acids is 1. The van der Waals surface area contributed by atoms with E-state index in [4.69, 9.17) is 4.74 Å². The van der Waals surface area contributed by atoms with Crippen molar-refractivity contribution in [3.63, 3.8) is 0 Å². The molecule has 0 amide bonds. The Balaban J connectivity index is 2.08. The SMILES string of the molecule is CC(C)(C)N1CCO[C@@H](C(=O)c2ccccc2)C1. The zero-order valence-corrected chi connectivity index (χ0v) is 11.3. The van der Waals surface area contributed by atoms with Crippen LogP contribution < -0.4 is 0 Å². The van der Waals surface area contributed by atoms with Crippen molar-refractivity contribution in [2.24, 2.45) is 0 Å². The van der Waals surface area contributed by atoms with Crippen molar-refractivity contribution in [1.82, 2.24) is 4.90 Å². The highest BCUT2D eigenvalue weighted by Gasteiger charge is 2.32. The molecule has 0 radical (unpaired) electrons. The molecule has 2 rings (SSSR count). The van der Waals surface area contributed by atoms with Crippen molar-refractivity contribution in [1.29, 1.82) is 0 Å². The summed E-state index contributed by atoms with van der Waals surface area (Å²) >= 11 is 0. The first-order valence-electron chi connectivity index (χ1n) is 6.44. The molecular formula is C15H21NO2. The molecule has 3 nitrogen and oxygen atoms in total. The van der Waals surface area contributed by atoms with E-state index in [9.17, 15) is 4.79 Å². The third-order valence-corrected chi connectivity index (χ3v) is 3.37. The van der Waals surface area contributed by atoms with Gasteiger partial charge in [0.2, 0.25) is 0 Å². The Labute approximate surface area is 109 Å². The van der Waals surface area contributed by atoms with Crippen LogP contribution in [-0.4, -0.2) is 42.0 Å². The molecule has 1 atom stereocenters. The Hall–Kier alpha value is -1.19. The molecule has 0 spiro atoms. The molecule has 0 unspecified atom stereocenters. The van der Waals surface area contributed by atoms with Crippen molar-refractivity contribution < 1.29 is 9.53 Å². The third kappa shape index (κ3) is 2.98. The topological polar surface area (TPSA) is 29.5 Å². The fourth-order valence-corrected chi connectivity index (χ4v) is 2.21. The zero-order valence-electron chi connectivity index (χ0n) is 11.3. The van der Waals surface area contributed by atoms with Crippen LogP contribution in [0.1, 0.15) is 31.1 Å². The maximum Gasteiger partial charge on any atom is 0.192 e. The molecular weight excluding hydrogens is 226 g/mol. The fraction of sp³-hybridized carbons (Fsp3) is 0.533. The zero-order chi connectivity index (χ0) is 13.2. The molecule has 0 aliphatic carbocycles. The lowest BCUT2D eigenvalue weighted by atomic mass is 10.0. The molecule has 1 aliphatic heterocycles. The van der Waals surface area contributed by atoms with E-state index in [1.165, 1.54) is 0 Å². The summed E-state index contributed by atoms with van der Waals surface area (Å²) in [6, 6.07) is 9.39. The van der Waals surface area contributed by atoms with Gasteiger partial charge in [0.05, 0.1) is 6.61 Å². The van der Waals surface area contributed by atoms with Crippen LogP contribution in [0.2, 0.25) is 0 Å². The van der Waals surface area contributed by atoms with Crippen molar-refractivity contribution in [3.05, 3.63) is 35.9 Å². The predicted molar refractivity (Wildman–Crippen MR) is 71.8 cm³/mol. The summed E-state index contributed by atoms with van der Waals surface area (Å²) in [5.74, 6) is 0.0875. The average molecular weight is 247 g/mol. The van der Waals surface area contributed by atoms with Crippen LogP contribution in [0.5, 0.6) is 0 Å². The van der Waals surface area contributed by atoms with E-state index in [2.05, 4.69) is 25.7 Å². The van der Waals surface area contributed by atoms with Gasteiger partial charge >= 0.3 is 0 Å². The van der Waals surface area contributed by atoms with Crippen LogP contribution in [0.25, 0.3) is 0 Å². The summed E-state index contributed by atoms with van der Waals surface area (Å²) in [4.78, 5) is 14.6. The van der Waals surface area contributed by atoms with E-state index in [0.29, 0.717) is 13.2 Å². The van der Waals surface area contributed by atoms with E-state index >= 15 is 0 Å². The van der Waals surface area contributed by atoms with Gasteiger partial charge in [-0.1, -0.05) is 30.3 Å². The number of nitrogens with zero attached hydrogens (tertiary/aromatic N) is 1. The summed E-state index contributed by atoms with van der Waals surface area (Å²) in [6.07, 6.45) is -0.333. The first-order valence-corrected chi connectivity index (χ1v) is 6.44.